The van der Waals surface area contributed by atoms with E-state index in [0.717, 1.165) is 29.9 Å². The van der Waals surface area contributed by atoms with Gasteiger partial charge in [-0.3, -0.25) is 0 Å². The zero-order valence-electron chi connectivity index (χ0n) is 8.53. The Morgan fingerprint density at radius 3 is 2.60 bits per heavy atom. The van der Waals surface area contributed by atoms with Crippen molar-refractivity contribution in [2.75, 3.05) is 11.1 Å². The summed E-state index contributed by atoms with van der Waals surface area (Å²) in [5.74, 6) is 0. The molecule has 0 radical (unpaired) electrons. The van der Waals surface area contributed by atoms with Gasteiger partial charge in [0.05, 0.1) is 0 Å². The molecule has 0 spiro atoms. The van der Waals surface area contributed by atoms with E-state index >= 15 is 0 Å². The Kier molecular flexibility index (Phi) is 2.63. The maximum absolute atomic E-state index is 5.69. The van der Waals surface area contributed by atoms with Crippen LogP contribution in [0.15, 0.2) is 47.8 Å². The Morgan fingerprint density at radius 1 is 1.07 bits per heavy atom. The van der Waals surface area contributed by atoms with Gasteiger partial charge in [0.15, 0.2) is 0 Å². The lowest BCUT2D eigenvalue weighted by Crippen LogP contribution is -2.07. The lowest BCUT2D eigenvalue weighted by Gasteiger charge is -2.14. The van der Waals surface area contributed by atoms with Crippen molar-refractivity contribution in [2.24, 2.45) is 5.73 Å². The molecular weight excluding hydrogens is 186 g/mol. The second-order valence-electron chi connectivity index (χ2n) is 3.68. The molecular formula is C12H15N3. The molecule has 0 aromatic heterocycles. The molecule has 78 valence electrons. The third-order valence-corrected chi connectivity index (χ3v) is 2.37. The molecule has 0 saturated heterocycles. The molecule has 1 aromatic carbocycles. The number of hydrogen-bond donors (Lipinski definition) is 3. The molecule has 3 nitrogen and oxygen atoms in total. The van der Waals surface area contributed by atoms with Gasteiger partial charge in [-0.2, -0.15) is 0 Å². The molecule has 0 bridgehead atoms. The number of nitrogen functional groups attached to an aromatic ring is 1. The topological polar surface area (TPSA) is 64.1 Å². The number of rotatable bonds is 2. The van der Waals surface area contributed by atoms with E-state index in [1.54, 1.807) is 0 Å². The number of benzene rings is 1. The van der Waals surface area contributed by atoms with Gasteiger partial charge in [-0.15, -0.1) is 0 Å². The highest BCUT2D eigenvalue weighted by Gasteiger charge is 2.03. The van der Waals surface area contributed by atoms with Crippen molar-refractivity contribution in [1.29, 1.82) is 0 Å². The Bertz CT molecular complexity index is 419. The third kappa shape index (κ3) is 2.53. The molecule has 1 aromatic rings. The first-order chi connectivity index (χ1) is 7.24. The monoisotopic (exact) mass is 201 g/mol. The second-order valence-corrected chi connectivity index (χ2v) is 3.68. The van der Waals surface area contributed by atoms with Gasteiger partial charge in [0.1, 0.15) is 0 Å². The lowest BCUT2D eigenvalue weighted by molar-refractivity contribution is 0.897. The van der Waals surface area contributed by atoms with E-state index in [2.05, 4.69) is 5.32 Å². The summed E-state index contributed by atoms with van der Waals surface area (Å²) < 4.78 is 0. The van der Waals surface area contributed by atoms with Crippen LogP contribution < -0.4 is 16.8 Å². The van der Waals surface area contributed by atoms with Crippen molar-refractivity contribution in [3.05, 3.63) is 47.8 Å². The van der Waals surface area contributed by atoms with Crippen molar-refractivity contribution < 1.29 is 0 Å². The van der Waals surface area contributed by atoms with E-state index < -0.39 is 0 Å². The highest BCUT2D eigenvalue weighted by atomic mass is 14.9. The zero-order valence-corrected chi connectivity index (χ0v) is 8.53. The number of hydrogen-bond acceptors (Lipinski definition) is 3. The van der Waals surface area contributed by atoms with Crippen LogP contribution in [0.25, 0.3) is 0 Å². The van der Waals surface area contributed by atoms with Gasteiger partial charge >= 0.3 is 0 Å². The van der Waals surface area contributed by atoms with Crippen LogP contribution in [-0.4, -0.2) is 0 Å². The fourth-order valence-corrected chi connectivity index (χ4v) is 1.56. The van der Waals surface area contributed by atoms with E-state index in [0.29, 0.717) is 0 Å². The summed E-state index contributed by atoms with van der Waals surface area (Å²) in [5, 5.41) is 3.32. The minimum atomic E-state index is 0.770. The van der Waals surface area contributed by atoms with Crippen molar-refractivity contribution in [3.8, 4) is 0 Å². The number of nitrogens with one attached hydrogen (secondary N) is 1. The predicted molar refractivity (Wildman–Crippen MR) is 64.1 cm³/mol. The van der Waals surface area contributed by atoms with Crippen molar-refractivity contribution in [3.63, 3.8) is 0 Å². The largest absolute Gasteiger partial charge is 0.402 e. The summed E-state index contributed by atoms with van der Waals surface area (Å²) in [5.41, 5.74) is 15.3. The van der Waals surface area contributed by atoms with Crippen LogP contribution in [-0.2, 0) is 0 Å². The summed E-state index contributed by atoms with van der Waals surface area (Å²) in [6.07, 6.45) is 5.83. The van der Waals surface area contributed by atoms with Gasteiger partial charge in [-0.1, -0.05) is 6.07 Å². The summed E-state index contributed by atoms with van der Waals surface area (Å²) in [4.78, 5) is 0. The number of nitrogens with two attached hydrogens (primary N) is 2. The van der Waals surface area contributed by atoms with Gasteiger partial charge in [-0.25, -0.2) is 0 Å². The highest BCUT2D eigenvalue weighted by molar-refractivity contribution is 5.57. The summed E-state index contributed by atoms with van der Waals surface area (Å²) >= 11 is 0. The van der Waals surface area contributed by atoms with Crippen LogP contribution in [0.2, 0.25) is 0 Å². The minimum Gasteiger partial charge on any atom is -0.402 e. The number of allylic oxidation sites excluding steroid dienone is 4. The van der Waals surface area contributed by atoms with Crippen LogP contribution in [0.5, 0.6) is 0 Å². The Hall–Kier alpha value is -1.90. The lowest BCUT2D eigenvalue weighted by atomic mass is 10.1. The Morgan fingerprint density at radius 2 is 1.93 bits per heavy atom. The Labute approximate surface area is 89.5 Å². The average Bonchev–Trinajstić information content (AvgIpc) is 2.22. The molecule has 2 rings (SSSR count). The normalized spacial score (nSPS) is 15.5. The van der Waals surface area contributed by atoms with Crippen molar-refractivity contribution in [1.82, 2.24) is 0 Å². The summed E-state index contributed by atoms with van der Waals surface area (Å²) in [7, 11) is 0. The van der Waals surface area contributed by atoms with E-state index in [-0.39, 0.29) is 0 Å². The van der Waals surface area contributed by atoms with Gasteiger partial charge < -0.3 is 16.8 Å². The summed E-state index contributed by atoms with van der Waals surface area (Å²) in [6, 6.07) is 7.73. The molecule has 0 heterocycles. The van der Waals surface area contributed by atoms with Gasteiger partial charge in [0, 0.05) is 22.8 Å². The van der Waals surface area contributed by atoms with Crippen LogP contribution in [0.4, 0.5) is 11.4 Å². The maximum Gasteiger partial charge on any atom is 0.0402 e. The van der Waals surface area contributed by atoms with Crippen molar-refractivity contribution >= 4 is 11.4 Å². The smallest absolute Gasteiger partial charge is 0.0402 e. The van der Waals surface area contributed by atoms with E-state index in [1.807, 2.05) is 36.4 Å². The molecule has 1 aliphatic rings. The van der Waals surface area contributed by atoms with Crippen LogP contribution in [0.3, 0.4) is 0 Å². The zero-order chi connectivity index (χ0) is 10.7. The highest BCUT2D eigenvalue weighted by Crippen LogP contribution is 2.19. The molecule has 15 heavy (non-hydrogen) atoms. The van der Waals surface area contributed by atoms with Gasteiger partial charge in [0.25, 0.3) is 0 Å². The summed E-state index contributed by atoms with van der Waals surface area (Å²) in [6.45, 7) is 0. The molecule has 0 atom stereocenters. The van der Waals surface area contributed by atoms with Crippen LogP contribution in [0.1, 0.15) is 12.8 Å². The first kappa shape index (κ1) is 9.65. The minimum absolute atomic E-state index is 0.770. The molecule has 1 aliphatic carbocycles. The first-order valence-electron chi connectivity index (χ1n) is 5.02. The fourth-order valence-electron chi connectivity index (χ4n) is 1.56. The molecule has 0 aliphatic heterocycles. The maximum atomic E-state index is 5.69. The molecule has 0 unspecified atom stereocenters. The van der Waals surface area contributed by atoms with E-state index in [4.69, 9.17) is 11.5 Å². The third-order valence-electron chi connectivity index (χ3n) is 2.37. The average molecular weight is 201 g/mol. The second kappa shape index (κ2) is 4.09. The quantitative estimate of drug-likeness (QED) is 0.643. The van der Waals surface area contributed by atoms with E-state index in [9.17, 15) is 0 Å². The van der Waals surface area contributed by atoms with Crippen LogP contribution in [0, 0.1) is 0 Å². The number of anilines is 2. The molecule has 5 N–H and O–H groups in total. The fraction of sp³-hybridized carbons (Fsp3) is 0.167. The van der Waals surface area contributed by atoms with Gasteiger partial charge in [0.2, 0.25) is 0 Å². The standard InChI is InChI=1S/C12H15N3/c13-9-4-6-11(7-5-9)15-12-3-1-2-10(14)8-12/h1-4,6,8,15H,5,7,13-14H2. The predicted octanol–water partition coefficient (Wildman–Crippen LogP) is 2.20. The molecule has 3 heteroatoms. The molecule has 0 amide bonds. The SMILES string of the molecule is NC1=CC=C(Nc2cccc(N)c2)CC1. The van der Waals surface area contributed by atoms with E-state index in [1.165, 1.54) is 5.70 Å². The Balaban J connectivity index is 2.10. The van der Waals surface area contributed by atoms with Crippen molar-refractivity contribution in [2.45, 2.75) is 12.8 Å². The molecule has 0 fully saturated rings. The van der Waals surface area contributed by atoms with Gasteiger partial charge in [-0.05, 0) is 43.2 Å². The molecule has 0 saturated carbocycles. The van der Waals surface area contributed by atoms with Crippen LogP contribution >= 0.6 is 0 Å². The first-order valence-corrected chi connectivity index (χ1v) is 5.02.